The molecule has 0 saturated carbocycles. The zero-order chi connectivity index (χ0) is 14.2. The summed E-state index contributed by atoms with van der Waals surface area (Å²) < 4.78 is 0. The lowest BCUT2D eigenvalue weighted by molar-refractivity contribution is 0.205. The van der Waals surface area contributed by atoms with Gasteiger partial charge in [0.05, 0.1) is 12.1 Å². The highest BCUT2D eigenvalue weighted by Gasteiger charge is 2.30. The molecule has 0 heterocycles. The van der Waals surface area contributed by atoms with Crippen molar-refractivity contribution in [2.24, 2.45) is 0 Å². The highest BCUT2D eigenvalue weighted by atomic mass is 15.2. The van der Waals surface area contributed by atoms with E-state index in [9.17, 15) is 0 Å². The third kappa shape index (κ3) is 1.97. The zero-order valence-electron chi connectivity index (χ0n) is 12.2. The van der Waals surface area contributed by atoms with E-state index in [0.29, 0.717) is 12.1 Å². The van der Waals surface area contributed by atoms with Gasteiger partial charge in [0.1, 0.15) is 0 Å². The molecule has 2 aliphatic rings. The molecule has 4 rings (SSSR count). The standard InChI is InChI=1S/C20H19N/c1-2-21(19-13-11-15-7-3-5-9-17(15)19)20-14-12-16-8-4-6-10-18(16)20/h3-14,19-20H,2H2,1H3. The second-order valence-electron chi connectivity index (χ2n) is 5.70. The Kier molecular flexibility index (Phi) is 3.01. The highest BCUT2D eigenvalue weighted by molar-refractivity contribution is 5.64. The zero-order valence-corrected chi connectivity index (χ0v) is 12.2. The summed E-state index contributed by atoms with van der Waals surface area (Å²) in [6.07, 6.45) is 9.19. The third-order valence-corrected chi connectivity index (χ3v) is 4.63. The lowest BCUT2D eigenvalue weighted by Gasteiger charge is -2.33. The number of likely N-dealkylation sites (N-methyl/N-ethyl adjacent to an activating group) is 1. The third-order valence-electron chi connectivity index (χ3n) is 4.63. The Bertz CT molecular complexity index is 665. The molecule has 2 aliphatic carbocycles. The molecule has 2 aromatic rings. The van der Waals surface area contributed by atoms with Crippen LogP contribution in [-0.2, 0) is 0 Å². The monoisotopic (exact) mass is 273 g/mol. The minimum atomic E-state index is 0.381. The quantitative estimate of drug-likeness (QED) is 0.773. The number of rotatable bonds is 3. The average Bonchev–Trinajstić information content (AvgIpc) is 3.14. The molecule has 0 aliphatic heterocycles. The van der Waals surface area contributed by atoms with Crippen molar-refractivity contribution in [1.29, 1.82) is 0 Å². The average molecular weight is 273 g/mol. The van der Waals surface area contributed by atoms with E-state index in [1.165, 1.54) is 22.3 Å². The minimum Gasteiger partial charge on any atom is -0.283 e. The molecular formula is C20H19N. The van der Waals surface area contributed by atoms with Crippen LogP contribution in [0.25, 0.3) is 12.2 Å². The summed E-state index contributed by atoms with van der Waals surface area (Å²) >= 11 is 0. The van der Waals surface area contributed by atoms with Crippen molar-refractivity contribution in [3.63, 3.8) is 0 Å². The predicted molar refractivity (Wildman–Crippen MR) is 88.8 cm³/mol. The fourth-order valence-electron chi connectivity index (χ4n) is 3.61. The van der Waals surface area contributed by atoms with Crippen LogP contribution in [0.15, 0.2) is 60.7 Å². The van der Waals surface area contributed by atoms with Crippen molar-refractivity contribution in [1.82, 2.24) is 4.90 Å². The summed E-state index contributed by atoms with van der Waals surface area (Å²) in [7, 11) is 0. The Morgan fingerprint density at radius 1 is 0.762 bits per heavy atom. The van der Waals surface area contributed by atoms with Crippen LogP contribution in [0, 0.1) is 0 Å². The van der Waals surface area contributed by atoms with Crippen molar-refractivity contribution >= 4 is 12.2 Å². The molecule has 2 aromatic carbocycles. The lowest BCUT2D eigenvalue weighted by atomic mass is 10.0. The van der Waals surface area contributed by atoms with Gasteiger partial charge in [0, 0.05) is 0 Å². The molecule has 2 unspecified atom stereocenters. The minimum absolute atomic E-state index is 0.381. The van der Waals surface area contributed by atoms with E-state index < -0.39 is 0 Å². The van der Waals surface area contributed by atoms with Crippen molar-refractivity contribution < 1.29 is 0 Å². The van der Waals surface area contributed by atoms with Gasteiger partial charge in [-0.1, -0.05) is 79.8 Å². The van der Waals surface area contributed by atoms with E-state index in [0.717, 1.165) is 6.54 Å². The maximum atomic E-state index is 2.57. The van der Waals surface area contributed by atoms with Crippen LogP contribution in [-0.4, -0.2) is 11.4 Å². The molecule has 0 saturated heterocycles. The number of hydrogen-bond donors (Lipinski definition) is 0. The van der Waals surface area contributed by atoms with Gasteiger partial charge in [0.2, 0.25) is 0 Å². The van der Waals surface area contributed by atoms with Gasteiger partial charge >= 0.3 is 0 Å². The summed E-state index contributed by atoms with van der Waals surface area (Å²) in [5.41, 5.74) is 5.57. The first-order valence-corrected chi connectivity index (χ1v) is 7.68. The Balaban J connectivity index is 1.72. The van der Waals surface area contributed by atoms with E-state index in [4.69, 9.17) is 0 Å². The number of hydrogen-bond acceptors (Lipinski definition) is 1. The molecule has 2 atom stereocenters. The fraction of sp³-hybridized carbons (Fsp3) is 0.200. The normalized spacial score (nSPS) is 21.8. The number of nitrogens with zero attached hydrogens (tertiary/aromatic N) is 1. The molecule has 21 heavy (non-hydrogen) atoms. The van der Waals surface area contributed by atoms with Crippen LogP contribution in [0.4, 0.5) is 0 Å². The fourth-order valence-corrected chi connectivity index (χ4v) is 3.61. The molecule has 0 radical (unpaired) electrons. The maximum Gasteiger partial charge on any atom is 0.0549 e. The second-order valence-corrected chi connectivity index (χ2v) is 5.70. The summed E-state index contributed by atoms with van der Waals surface area (Å²) in [6, 6.07) is 18.2. The van der Waals surface area contributed by atoms with Gasteiger partial charge in [0.25, 0.3) is 0 Å². The van der Waals surface area contributed by atoms with E-state index in [-0.39, 0.29) is 0 Å². The first kappa shape index (κ1) is 12.6. The Morgan fingerprint density at radius 3 is 1.71 bits per heavy atom. The van der Waals surface area contributed by atoms with Gasteiger partial charge in [-0.05, 0) is 28.8 Å². The van der Waals surface area contributed by atoms with E-state index >= 15 is 0 Å². The summed E-state index contributed by atoms with van der Waals surface area (Å²) in [6.45, 7) is 3.29. The SMILES string of the molecule is CCN(C1C=Cc2ccccc21)C1C=Cc2ccccc21. The van der Waals surface area contributed by atoms with Crippen LogP contribution in [0.1, 0.15) is 41.3 Å². The van der Waals surface area contributed by atoms with Gasteiger partial charge < -0.3 is 0 Å². The first-order chi connectivity index (χ1) is 10.4. The predicted octanol–water partition coefficient (Wildman–Crippen LogP) is 4.84. The molecule has 1 nitrogen and oxygen atoms in total. The summed E-state index contributed by atoms with van der Waals surface area (Å²) in [4.78, 5) is 2.57. The topological polar surface area (TPSA) is 3.24 Å². The van der Waals surface area contributed by atoms with Crippen molar-refractivity contribution in [3.8, 4) is 0 Å². The first-order valence-electron chi connectivity index (χ1n) is 7.68. The Labute approximate surface area is 126 Å². The largest absolute Gasteiger partial charge is 0.283 e. The van der Waals surface area contributed by atoms with Crippen LogP contribution in [0.2, 0.25) is 0 Å². The smallest absolute Gasteiger partial charge is 0.0549 e. The van der Waals surface area contributed by atoms with Gasteiger partial charge in [-0.25, -0.2) is 0 Å². The molecule has 104 valence electrons. The molecule has 1 heteroatoms. The molecular weight excluding hydrogens is 254 g/mol. The second kappa shape index (κ2) is 5.01. The summed E-state index contributed by atoms with van der Waals surface area (Å²) in [5.74, 6) is 0. The van der Waals surface area contributed by atoms with Crippen LogP contribution in [0.5, 0.6) is 0 Å². The Morgan fingerprint density at radius 2 is 1.24 bits per heavy atom. The van der Waals surface area contributed by atoms with Crippen molar-refractivity contribution in [2.75, 3.05) is 6.54 Å². The van der Waals surface area contributed by atoms with Crippen molar-refractivity contribution in [3.05, 3.63) is 82.9 Å². The molecule has 0 bridgehead atoms. The number of benzene rings is 2. The van der Waals surface area contributed by atoms with E-state index in [1.807, 2.05) is 0 Å². The summed E-state index contributed by atoms with van der Waals surface area (Å²) in [5, 5.41) is 0. The molecule has 0 N–H and O–H groups in total. The molecule has 0 aromatic heterocycles. The van der Waals surface area contributed by atoms with Crippen LogP contribution >= 0.6 is 0 Å². The van der Waals surface area contributed by atoms with Crippen molar-refractivity contribution in [2.45, 2.75) is 19.0 Å². The lowest BCUT2D eigenvalue weighted by Crippen LogP contribution is -2.29. The van der Waals surface area contributed by atoms with Gasteiger partial charge in [0.15, 0.2) is 0 Å². The van der Waals surface area contributed by atoms with Gasteiger partial charge in [-0.15, -0.1) is 0 Å². The van der Waals surface area contributed by atoms with Crippen LogP contribution < -0.4 is 0 Å². The Hall–Kier alpha value is -2.12. The molecule has 0 spiro atoms. The van der Waals surface area contributed by atoms with Crippen LogP contribution in [0.3, 0.4) is 0 Å². The highest BCUT2D eigenvalue weighted by Crippen LogP contribution is 2.41. The molecule has 0 amide bonds. The molecule has 0 fully saturated rings. The van der Waals surface area contributed by atoms with E-state index in [1.54, 1.807) is 0 Å². The van der Waals surface area contributed by atoms with E-state index in [2.05, 4.69) is 84.7 Å². The van der Waals surface area contributed by atoms with Gasteiger partial charge in [-0.2, -0.15) is 0 Å². The maximum absolute atomic E-state index is 2.57. The number of fused-ring (bicyclic) bond motifs is 2. The van der Waals surface area contributed by atoms with Gasteiger partial charge in [-0.3, -0.25) is 4.90 Å².